The van der Waals surface area contributed by atoms with Crippen molar-refractivity contribution < 1.29 is 15.0 Å². The average molecular weight is 240 g/mol. The number of aromatic nitrogens is 1. The van der Waals surface area contributed by atoms with E-state index in [0.717, 1.165) is 5.52 Å². The normalized spacial score (nSPS) is 12.9. The number of hydrogen-bond acceptors (Lipinski definition) is 2. The van der Waals surface area contributed by atoms with Gasteiger partial charge in [0.1, 0.15) is 0 Å². The minimum atomic E-state index is -1.51. The van der Waals surface area contributed by atoms with Crippen LogP contribution in [0.25, 0.3) is 10.9 Å². The minimum absolute atomic E-state index is 0.377. The van der Waals surface area contributed by atoms with Gasteiger partial charge in [-0.3, -0.25) is 0 Å². The highest BCUT2D eigenvalue weighted by Gasteiger charge is 2.20. The number of aliphatic hydroxyl groups is 1. The highest BCUT2D eigenvalue weighted by molar-refractivity contribution is 6.31. The smallest absolute Gasteiger partial charge is 0.337 e. The first-order valence-electron chi connectivity index (χ1n) is 4.66. The number of fused-ring (bicyclic) bond motifs is 1. The Labute approximate surface area is 96.7 Å². The maximum atomic E-state index is 10.7. The lowest BCUT2D eigenvalue weighted by molar-refractivity contribution is -0.146. The van der Waals surface area contributed by atoms with Crippen molar-refractivity contribution in [3.05, 3.63) is 35.0 Å². The zero-order valence-corrected chi connectivity index (χ0v) is 9.27. The standard InChI is InChI=1S/C11H10ClNO3/c1-13-5-8(10(14)11(15)16)7-3-2-6(12)4-9(7)13/h2-5,10,14H,1H3,(H,15,16). The summed E-state index contributed by atoms with van der Waals surface area (Å²) < 4.78 is 1.74. The molecule has 1 atom stereocenters. The number of rotatable bonds is 2. The third-order valence-corrected chi connectivity index (χ3v) is 2.75. The number of aryl methyl sites for hydroxylation is 1. The Bertz CT molecular complexity index is 562. The highest BCUT2D eigenvalue weighted by atomic mass is 35.5. The Hall–Kier alpha value is -1.52. The van der Waals surface area contributed by atoms with Gasteiger partial charge in [-0.05, 0) is 12.1 Å². The Morgan fingerprint density at radius 1 is 1.50 bits per heavy atom. The number of carbonyl (C=O) groups is 1. The van der Waals surface area contributed by atoms with Gasteiger partial charge in [0.15, 0.2) is 6.10 Å². The second-order valence-corrected chi connectivity index (χ2v) is 4.03. The van der Waals surface area contributed by atoms with Gasteiger partial charge in [0.25, 0.3) is 0 Å². The van der Waals surface area contributed by atoms with Crippen LogP contribution in [0, 0.1) is 0 Å². The molecule has 5 heteroatoms. The van der Waals surface area contributed by atoms with E-state index < -0.39 is 12.1 Å². The topological polar surface area (TPSA) is 62.5 Å². The number of carboxylic acid groups (broad SMARTS) is 1. The molecular formula is C11H10ClNO3. The molecule has 0 saturated heterocycles. The molecule has 1 unspecified atom stereocenters. The second kappa shape index (κ2) is 3.81. The minimum Gasteiger partial charge on any atom is -0.479 e. The molecule has 16 heavy (non-hydrogen) atoms. The van der Waals surface area contributed by atoms with Crippen LogP contribution in [0.3, 0.4) is 0 Å². The van der Waals surface area contributed by atoms with Gasteiger partial charge in [-0.2, -0.15) is 0 Å². The van der Waals surface area contributed by atoms with Crippen LogP contribution in [0.4, 0.5) is 0 Å². The summed E-state index contributed by atoms with van der Waals surface area (Å²) in [6, 6.07) is 5.11. The van der Waals surface area contributed by atoms with E-state index in [9.17, 15) is 9.90 Å². The van der Waals surface area contributed by atoms with Gasteiger partial charge in [0.05, 0.1) is 0 Å². The van der Waals surface area contributed by atoms with Crippen molar-refractivity contribution in [2.45, 2.75) is 6.10 Å². The predicted molar refractivity (Wildman–Crippen MR) is 60.5 cm³/mol. The molecule has 0 saturated carbocycles. The van der Waals surface area contributed by atoms with Gasteiger partial charge in [-0.15, -0.1) is 0 Å². The molecule has 0 fully saturated rings. The van der Waals surface area contributed by atoms with Crippen molar-refractivity contribution in [2.24, 2.45) is 7.05 Å². The van der Waals surface area contributed by atoms with Gasteiger partial charge in [0.2, 0.25) is 0 Å². The monoisotopic (exact) mass is 239 g/mol. The molecule has 0 aliphatic rings. The van der Waals surface area contributed by atoms with Crippen LogP contribution < -0.4 is 0 Å². The molecule has 0 bridgehead atoms. The molecular weight excluding hydrogens is 230 g/mol. The number of aliphatic carboxylic acids is 1. The van der Waals surface area contributed by atoms with Crippen LogP contribution in [-0.4, -0.2) is 20.7 Å². The third-order valence-electron chi connectivity index (χ3n) is 2.51. The van der Waals surface area contributed by atoms with E-state index in [1.165, 1.54) is 0 Å². The molecule has 0 aliphatic carbocycles. The van der Waals surface area contributed by atoms with Gasteiger partial charge in [-0.1, -0.05) is 17.7 Å². The van der Waals surface area contributed by atoms with Crippen molar-refractivity contribution in [1.82, 2.24) is 4.57 Å². The molecule has 0 radical (unpaired) electrons. The number of nitrogens with zero attached hydrogens (tertiary/aromatic N) is 1. The molecule has 0 amide bonds. The quantitative estimate of drug-likeness (QED) is 0.842. The van der Waals surface area contributed by atoms with E-state index in [1.54, 1.807) is 36.0 Å². The van der Waals surface area contributed by atoms with Crippen LogP contribution in [0.2, 0.25) is 5.02 Å². The summed E-state index contributed by atoms with van der Waals surface area (Å²) in [7, 11) is 1.77. The van der Waals surface area contributed by atoms with Gasteiger partial charge in [-0.25, -0.2) is 4.79 Å². The fraction of sp³-hybridized carbons (Fsp3) is 0.182. The lowest BCUT2D eigenvalue weighted by Crippen LogP contribution is -2.09. The van der Waals surface area contributed by atoms with Crippen LogP contribution in [0.15, 0.2) is 24.4 Å². The summed E-state index contributed by atoms with van der Waals surface area (Å²) in [4.78, 5) is 10.7. The molecule has 2 aromatic rings. The number of carboxylic acids is 1. The van der Waals surface area contributed by atoms with E-state index in [0.29, 0.717) is 16.0 Å². The van der Waals surface area contributed by atoms with Crippen molar-refractivity contribution in [2.75, 3.05) is 0 Å². The van der Waals surface area contributed by atoms with Crippen molar-refractivity contribution >= 4 is 28.5 Å². The fourth-order valence-electron chi connectivity index (χ4n) is 1.74. The molecule has 1 heterocycles. The van der Waals surface area contributed by atoms with E-state index in [4.69, 9.17) is 16.7 Å². The Morgan fingerprint density at radius 3 is 2.81 bits per heavy atom. The van der Waals surface area contributed by atoms with Gasteiger partial charge >= 0.3 is 5.97 Å². The number of benzene rings is 1. The second-order valence-electron chi connectivity index (χ2n) is 3.60. The Balaban J connectivity index is 2.68. The molecule has 0 aliphatic heterocycles. The SMILES string of the molecule is Cn1cc(C(O)C(=O)O)c2ccc(Cl)cc21. The molecule has 0 spiro atoms. The van der Waals surface area contributed by atoms with E-state index in [1.807, 2.05) is 0 Å². The van der Waals surface area contributed by atoms with Crippen LogP contribution in [-0.2, 0) is 11.8 Å². The third kappa shape index (κ3) is 1.66. The van der Waals surface area contributed by atoms with Crippen molar-refractivity contribution in [1.29, 1.82) is 0 Å². The summed E-state index contributed by atoms with van der Waals surface area (Å²) in [5, 5.41) is 19.6. The Kier molecular flexibility index (Phi) is 2.61. The molecule has 1 aromatic heterocycles. The average Bonchev–Trinajstić information content (AvgIpc) is 2.55. The van der Waals surface area contributed by atoms with E-state index >= 15 is 0 Å². The molecule has 4 nitrogen and oxygen atoms in total. The van der Waals surface area contributed by atoms with Gasteiger partial charge < -0.3 is 14.8 Å². The maximum Gasteiger partial charge on any atom is 0.337 e. The maximum absolute atomic E-state index is 10.7. The van der Waals surface area contributed by atoms with Crippen LogP contribution in [0.5, 0.6) is 0 Å². The molecule has 84 valence electrons. The van der Waals surface area contributed by atoms with Crippen LogP contribution >= 0.6 is 11.6 Å². The summed E-state index contributed by atoms with van der Waals surface area (Å²) in [6.07, 6.45) is 0.0876. The lowest BCUT2D eigenvalue weighted by atomic mass is 10.1. The lowest BCUT2D eigenvalue weighted by Gasteiger charge is -2.02. The zero-order chi connectivity index (χ0) is 11.9. The number of aliphatic hydroxyl groups excluding tert-OH is 1. The molecule has 1 aromatic carbocycles. The van der Waals surface area contributed by atoms with Gasteiger partial charge in [0, 0.05) is 34.7 Å². The number of hydrogen-bond donors (Lipinski definition) is 2. The molecule has 2 N–H and O–H groups in total. The zero-order valence-electron chi connectivity index (χ0n) is 8.51. The Morgan fingerprint density at radius 2 is 2.19 bits per heavy atom. The van der Waals surface area contributed by atoms with E-state index in [2.05, 4.69) is 0 Å². The predicted octanol–water partition coefficient (Wildman–Crippen LogP) is 1.95. The largest absolute Gasteiger partial charge is 0.479 e. The summed E-state index contributed by atoms with van der Waals surface area (Å²) in [5.74, 6) is -1.26. The number of halogens is 1. The summed E-state index contributed by atoms with van der Waals surface area (Å²) >= 11 is 5.85. The summed E-state index contributed by atoms with van der Waals surface area (Å²) in [6.45, 7) is 0. The first-order valence-corrected chi connectivity index (χ1v) is 5.04. The molecule has 2 rings (SSSR count). The first-order chi connectivity index (χ1) is 7.50. The first kappa shape index (κ1) is 11.0. The summed E-state index contributed by atoms with van der Waals surface area (Å²) in [5.41, 5.74) is 1.17. The van der Waals surface area contributed by atoms with Crippen LogP contribution in [0.1, 0.15) is 11.7 Å². The van der Waals surface area contributed by atoms with Crippen molar-refractivity contribution in [3.63, 3.8) is 0 Å². The fourth-order valence-corrected chi connectivity index (χ4v) is 1.91. The highest BCUT2D eigenvalue weighted by Crippen LogP contribution is 2.28. The van der Waals surface area contributed by atoms with Crippen molar-refractivity contribution in [3.8, 4) is 0 Å². The van der Waals surface area contributed by atoms with E-state index in [-0.39, 0.29) is 0 Å².